The van der Waals surface area contributed by atoms with E-state index in [1.165, 1.54) is 0 Å². The van der Waals surface area contributed by atoms with Crippen LogP contribution in [-0.2, 0) is 4.79 Å². The molecule has 2 aliphatic heterocycles. The van der Waals surface area contributed by atoms with Gasteiger partial charge in [0.1, 0.15) is 0 Å². The molecule has 7 heteroatoms. The first-order valence-corrected chi connectivity index (χ1v) is 9.20. The first-order chi connectivity index (χ1) is 11.6. The fourth-order valence-electron chi connectivity index (χ4n) is 3.70. The van der Waals surface area contributed by atoms with Gasteiger partial charge < -0.3 is 20.9 Å². The fourth-order valence-corrected chi connectivity index (χ4v) is 3.70. The van der Waals surface area contributed by atoms with Gasteiger partial charge in [-0.3, -0.25) is 4.79 Å². The third kappa shape index (κ3) is 6.31. The van der Waals surface area contributed by atoms with E-state index in [2.05, 4.69) is 40.9 Å². The Morgan fingerprint density at radius 3 is 2.42 bits per heavy atom. The summed E-state index contributed by atoms with van der Waals surface area (Å²) in [5.41, 5.74) is 1.95. The van der Waals surface area contributed by atoms with Crippen LogP contribution in [0.4, 0.5) is 11.4 Å². The number of nitrogens with one attached hydrogen (secondary N) is 3. The topological polar surface area (TPSA) is 56.4 Å². The van der Waals surface area contributed by atoms with Gasteiger partial charge in [0.05, 0.1) is 11.4 Å². The zero-order chi connectivity index (χ0) is 16.9. The summed E-state index contributed by atoms with van der Waals surface area (Å²) in [5.74, 6) is 0.263. The van der Waals surface area contributed by atoms with Crippen LogP contribution in [0.25, 0.3) is 0 Å². The molecular formula is C19H32Cl2N4O. The van der Waals surface area contributed by atoms with Gasteiger partial charge in [0, 0.05) is 18.0 Å². The molecule has 1 aromatic carbocycles. The molecule has 2 saturated heterocycles. The van der Waals surface area contributed by atoms with Gasteiger partial charge >= 0.3 is 0 Å². The highest BCUT2D eigenvalue weighted by atomic mass is 35.5. The van der Waals surface area contributed by atoms with Gasteiger partial charge in [0.25, 0.3) is 0 Å². The Balaban J connectivity index is 0.00000169. The smallest absolute Gasteiger partial charge is 0.227 e. The van der Waals surface area contributed by atoms with Gasteiger partial charge in [-0.1, -0.05) is 12.1 Å². The average molecular weight is 403 g/mol. The lowest BCUT2D eigenvalue weighted by atomic mass is 9.92. The van der Waals surface area contributed by atoms with Crippen LogP contribution >= 0.6 is 24.8 Å². The molecule has 0 bridgehead atoms. The minimum Gasteiger partial charge on any atom is -0.381 e. The minimum atomic E-state index is 0. The molecule has 1 amide bonds. The summed E-state index contributed by atoms with van der Waals surface area (Å²) in [4.78, 5) is 15.0. The van der Waals surface area contributed by atoms with E-state index in [0.717, 1.165) is 56.7 Å². The number of piperidine rings is 2. The Labute approximate surface area is 169 Å². The third-order valence-electron chi connectivity index (χ3n) is 5.26. The zero-order valence-electron chi connectivity index (χ0n) is 15.7. The van der Waals surface area contributed by atoms with Gasteiger partial charge in [0.2, 0.25) is 5.91 Å². The van der Waals surface area contributed by atoms with E-state index in [0.29, 0.717) is 12.1 Å². The maximum absolute atomic E-state index is 12.6. The molecule has 26 heavy (non-hydrogen) atoms. The van der Waals surface area contributed by atoms with E-state index in [-0.39, 0.29) is 36.6 Å². The molecule has 3 rings (SSSR count). The number of rotatable bonds is 4. The van der Waals surface area contributed by atoms with Crippen LogP contribution in [-0.4, -0.2) is 49.6 Å². The van der Waals surface area contributed by atoms with E-state index < -0.39 is 0 Å². The third-order valence-corrected chi connectivity index (χ3v) is 5.26. The van der Waals surface area contributed by atoms with Gasteiger partial charge in [-0.25, -0.2) is 0 Å². The Morgan fingerprint density at radius 2 is 1.77 bits per heavy atom. The molecule has 1 aromatic rings. The molecule has 0 saturated carbocycles. The Kier molecular flexibility index (Phi) is 9.72. The molecule has 0 aliphatic carbocycles. The Morgan fingerprint density at radius 1 is 1.12 bits per heavy atom. The predicted octanol–water partition coefficient (Wildman–Crippen LogP) is 3.36. The van der Waals surface area contributed by atoms with Crippen molar-refractivity contribution in [3.8, 4) is 0 Å². The lowest BCUT2D eigenvalue weighted by Crippen LogP contribution is -2.40. The number of likely N-dealkylation sites (tertiary alicyclic amines) is 1. The van der Waals surface area contributed by atoms with Crippen molar-refractivity contribution in [2.45, 2.75) is 44.7 Å². The molecule has 2 fully saturated rings. The molecule has 148 valence electrons. The van der Waals surface area contributed by atoms with E-state index in [1.807, 2.05) is 18.2 Å². The van der Waals surface area contributed by atoms with Crippen molar-refractivity contribution < 1.29 is 4.79 Å². The Bertz CT molecular complexity index is 564. The molecule has 0 unspecified atom stereocenters. The average Bonchev–Trinajstić information content (AvgIpc) is 2.58. The maximum atomic E-state index is 12.6. The number of hydrogen-bond donors (Lipinski definition) is 3. The number of carbonyl (C=O) groups excluding carboxylic acids is 1. The largest absolute Gasteiger partial charge is 0.381 e. The monoisotopic (exact) mass is 402 g/mol. The van der Waals surface area contributed by atoms with E-state index in [4.69, 9.17) is 0 Å². The number of halogens is 2. The van der Waals surface area contributed by atoms with Crippen molar-refractivity contribution in [3.63, 3.8) is 0 Å². The maximum Gasteiger partial charge on any atom is 0.227 e. The van der Waals surface area contributed by atoms with E-state index in [1.54, 1.807) is 0 Å². The normalized spacial score (nSPS) is 24.1. The lowest BCUT2D eigenvalue weighted by molar-refractivity contribution is -0.120. The molecule has 2 atom stereocenters. The number of amides is 1. The van der Waals surface area contributed by atoms with E-state index in [9.17, 15) is 4.79 Å². The van der Waals surface area contributed by atoms with Crippen LogP contribution in [0.2, 0.25) is 0 Å². The van der Waals surface area contributed by atoms with Crippen molar-refractivity contribution in [2.24, 2.45) is 5.92 Å². The van der Waals surface area contributed by atoms with Crippen LogP contribution < -0.4 is 16.0 Å². The van der Waals surface area contributed by atoms with Crippen molar-refractivity contribution in [1.29, 1.82) is 0 Å². The van der Waals surface area contributed by atoms with Crippen LogP contribution in [0.5, 0.6) is 0 Å². The summed E-state index contributed by atoms with van der Waals surface area (Å²) in [7, 11) is 2.17. The van der Waals surface area contributed by atoms with Gasteiger partial charge in [-0.2, -0.15) is 0 Å². The first kappa shape index (κ1) is 23.0. The second kappa shape index (κ2) is 11.0. The second-order valence-electron chi connectivity index (χ2n) is 7.33. The van der Waals surface area contributed by atoms with Gasteiger partial charge in [-0.15, -0.1) is 24.8 Å². The quantitative estimate of drug-likeness (QED) is 0.722. The standard InChI is InChI=1S/C19H30N4O.2ClH/c1-14-13-15(7-10-20-14)19(24)22-18-6-4-3-5-17(18)21-16-8-11-23(2)12-9-16;;/h3-6,14-16,20-21H,7-13H2,1-2H3,(H,22,24);2*1H/t14-,15-;;/m0../s1. The molecule has 2 aliphatic rings. The molecule has 0 radical (unpaired) electrons. The second-order valence-corrected chi connectivity index (χ2v) is 7.33. The molecule has 0 spiro atoms. The number of para-hydroxylation sites is 2. The van der Waals surface area contributed by atoms with Crippen LogP contribution in [0.1, 0.15) is 32.6 Å². The summed E-state index contributed by atoms with van der Waals surface area (Å²) < 4.78 is 0. The van der Waals surface area contributed by atoms with Crippen LogP contribution in [0.15, 0.2) is 24.3 Å². The highest BCUT2D eigenvalue weighted by Gasteiger charge is 2.25. The SMILES string of the molecule is C[C@H]1C[C@@H](C(=O)Nc2ccccc2NC2CCN(C)CC2)CCN1.Cl.Cl. The predicted molar refractivity (Wildman–Crippen MR) is 114 cm³/mol. The van der Waals surface area contributed by atoms with Gasteiger partial charge in [0.15, 0.2) is 0 Å². The molecule has 0 aromatic heterocycles. The number of hydrogen-bond acceptors (Lipinski definition) is 4. The summed E-state index contributed by atoms with van der Waals surface area (Å²) in [6, 6.07) is 8.99. The van der Waals surface area contributed by atoms with Crippen molar-refractivity contribution in [1.82, 2.24) is 10.2 Å². The molecule has 3 N–H and O–H groups in total. The number of carbonyl (C=O) groups is 1. The molecule has 2 heterocycles. The van der Waals surface area contributed by atoms with Crippen LogP contribution in [0.3, 0.4) is 0 Å². The van der Waals surface area contributed by atoms with Crippen molar-refractivity contribution in [3.05, 3.63) is 24.3 Å². The fraction of sp³-hybridized carbons (Fsp3) is 0.632. The highest BCUT2D eigenvalue weighted by Crippen LogP contribution is 2.26. The van der Waals surface area contributed by atoms with Crippen LogP contribution in [0, 0.1) is 5.92 Å². The Hall–Kier alpha value is -1.01. The first-order valence-electron chi connectivity index (χ1n) is 9.20. The van der Waals surface area contributed by atoms with E-state index >= 15 is 0 Å². The summed E-state index contributed by atoms with van der Waals surface area (Å²) in [6.45, 7) is 5.32. The van der Waals surface area contributed by atoms with Crippen molar-refractivity contribution in [2.75, 3.05) is 37.3 Å². The summed E-state index contributed by atoms with van der Waals surface area (Å²) in [6.07, 6.45) is 4.12. The zero-order valence-corrected chi connectivity index (χ0v) is 17.3. The highest BCUT2D eigenvalue weighted by molar-refractivity contribution is 5.95. The lowest BCUT2D eigenvalue weighted by Gasteiger charge is -2.31. The minimum absolute atomic E-state index is 0. The van der Waals surface area contributed by atoms with Gasteiger partial charge in [-0.05, 0) is 71.4 Å². The number of anilines is 2. The molecular weight excluding hydrogens is 371 g/mol. The van der Waals surface area contributed by atoms with Crippen molar-refractivity contribution >= 4 is 42.1 Å². The number of nitrogens with zero attached hydrogens (tertiary/aromatic N) is 1. The summed E-state index contributed by atoms with van der Waals surface area (Å²) >= 11 is 0. The number of benzene rings is 1. The molecule has 5 nitrogen and oxygen atoms in total. The summed E-state index contributed by atoms with van der Waals surface area (Å²) in [5, 5.41) is 10.2.